The van der Waals surface area contributed by atoms with Crippen LogP contribution in [0.1, 0.15) is 34.3 Å². The molecule has 0 amide bonds. The highest BCUT2D eigenvalue weighted by molar-refractivity contribution is 6.07. The molecule has 0 atom stereocenters. The molecule has 1 fully saturated rings. The molecule has 0 aliphatic carbocycles. The Labute approximate surface area is 143 Å². The van der Waals surface area contributed by atoms with Gasteiger partial charge in [-0.1, -0.05) is 36.4 Å². The van der Waals surface area contributed by atoms with Crippen LogP contribution in [0.5, 0.6) is 5.75 Å². The topological polar surface area (TPSA) is 30.7 Å². The molecule has 1 N–H and O–H groups in total. The average Bonchev–Trinajstić information content (AvgIpc) is 3.13. The lowest BCUT2D eigenvalue weighted by Crippen LogP contribution is -3.08. The van der Waals surface area contributed by atoms with Crippen molar-refractivity contribution in [1.82, 2.24) is 0 Å². The fraction of sp³-hybridized carbons (Fsp3) is 0.286. The zero-order chi connectivity index (χ0) is 16.8. The number of hydrogen-bond donors (Lipinski definition) is 1. The zero-order valence-electron chi connectivity index (χ0n) is 14.1. The van der Waals surface area contributed by atoms with Crippen molar-refractivity contribution in [2.24, 2.45) is 0 Å². The molecule has 3 nitrogen and oxygen atoms in total. The van der Waals surface area contributed by atoms with Crippen LogP contribution in [0, 0.1) is 0 Å². The number of ether oxygens (including phenoxy) is 1. The summed E-state index contributed by atoms with van der Waals surface area (Å²) in [5.41, 5.74) is 2.87. The molecule has 1 heterocycles. The van der Waals surface area contributed by atoms with Crippen molar-refractivity contribution in [2.75, 3.05) is 20.2 Å². The van der Waals surface area contributed by atoms with E-state index in [2.05, 4.69) is 0 Å². The summed E-state index contributed by atoms with van der Waals surface area (Å²) in [6.07, 6.45) is 6.08. The molecule has 0 saturated carbocycles. The van der Waals surface area contributed by atoms with E-state index in [4.69, 9.17) is 4.74 Å². The second-order valence-corrected chi connectivity index (χ2v) is 6.27. The first kappa shape index (κ1) is 16.5. The fourth-order valence-electron chi connectivity index (χ4n) is 3.22. The molecule has 0 bridgehead atoms. The molecule has 124 valence electrons. The molecular formula is C21H24NO2+. The van der Waals surface area contributed by atoms with E-state index < -0.39 is 0 Å². The zero-order valence-corrected chi connectivity index (χ0v) is 14.1. The summed E-state index contributed by atoms with van der Waals surface area (Å²) >= 11 is 0. The number of nitrogens with one attached hydrogen (secondary N) is 1. The van der Waals surface area contributed by atoms with Crippen LogP contribution >= 0.6 is 0 Å². The van der Waals surface area contributed by atoms with Crippen LogP contribution < -0.4 is 9.64 Å². The maximum Gasteiger partial charge on any atom is 0.185 e. The van der Waals surface area contributed by atoms with Crippen LogP contribution in [0.15, 0.2) is 54.6 Å². The van der Waals surface area contributed by atoms with Crippen molar-refractivity contribution in [1.29, 1.82) is 0 Å². The average molecular weight is 322 g/mol. The van der Waals surface area contributed by atoms with Gasteiger partial charge in [0.2, 0.25) is 0 Å². The third kappa shape index (κ3) is 4.12. The molecule has 1 aliphatic rings. The predicted molar refractivity (Wildman–Crippen MR) is 96.4 cm³/mol. The third-order valence-corrected chi connectivity index (χ3v) is 4.54. The third-order valence-electron chi connectivity index (χ3n) is 4.54. The quantitative estimate of drug-likeness (QED) is 0.655. The standard InChI is InChI=1S/C21H23NO2/c1-24-21-12-10-18(15-19(21)16-22-13-5-6-14-22)20(23)11-9-17-7-3-2-4-8-17/h2-4,7-12,15H,5-6,13-14,16H2,1H3/p+1/b11-9+. The smallest absolute Gasteiger partial charge is 0.185 e. The van der Waals surface area contributed by atoms with Crippen molar-refractivity contribution in [3.05, 3.63) is 71.3 Å². The molecule has 0 aromatic heterocycles. The van der Waals surface area contributed by atoms with E-state index in [9.17, 15) is 4.79 Å². The monoisotopic (exact) mass is 322 g/mol. The number of carbonyl (C=O) groups excluding carboxylic acids is 1. The van der Waals surface area contributed by atoms with Gasteiger partial charge in [0.1, 0.15) is 12.3 Å². The summed E-state index contributed by atoms with van der Waals surface area (Å²) in [5.74, 6) is 0.900. The number of likely N-dealkylation sites (tertiary alicyclic amines) is 1. The van der Waals surface area contributed by atoms with Gasteiger partial charge in [-0.05, 0) is 29.8 Å². The Morgan fingerprint density at radius 3 is 2.58 bits per heavy atom. The van der Waals surface area contributed by atoms with Crippen LogP contribution in [-0.4, -0.2) is 26.0 Å². The summed E-state index contributed by atoms with van der Waals surface area (Å²) in [6, 6.07) is 15.6. The van der Waals surface area contributed by atoms with E-state index in [1.807, 2.05) is 54.6 Å². The van der Waals surface area contributed by atoms with Crippen LogP contribution in [0.25, 0.3) is 6.08 Å². The van der Waals surface area contributed by atoms with Crippen LogP contribution in [0.3, 0.4) is 0 Å². The highest BCUT2D eigenvalue weighted by atomic mass is 16.5. The van der Waals surface area contributed by atoms with Gasteiger partial charge in [0.05, 0.1) is 20.2 Å². The van der Waals surface area contributed by atoms with E-state index in [0.29, 0.717) is 0 Å². The van der Waals surface area contributed by atoms with Crippen molar-refractivity contribution in [3.8, 4) is 5.75 Å². The highest BCUT2D eigenvalue weighted by Crippen LogP contribution is 2.20. The molecule has 3 heteroatoms. The highest BCUT2D eigenvalue weighted by Gasteiger charge is 2.18. The summed E-state index contributed by atoms with van der Waals surface area (Å²) in [5, 5.41) is 0. The lowest BCUT2D eigenvalue weighted by molar-refractivity contribution is -0.901. The molecule has 24 heavy (non-hydrogen) atoms. The predicted octanol–water partition coefficient (Wildman–Crippen LogP) is 2.77. The Morgan fingerprint density at radius 2 is 1.88 bits per heavy atom. The molecule has 0 spiro atoms. The van der Waals surface area contributed by atoms with Gasteiger partial charge in [0, 0.05) is 24.0 Å². The number of ketones is 1. The van der Waals surface area contributed by atoms with Crippen molar-refractivity contribution in [2.45, 2.75) is 19.4 Å². The number of carbonyl (C=O) groups is 1. The molecule has 0 unspecified atom stereocenters. The summed E-state index contributed by atoms with van der Waals surface area (Å²) in [6.45, 7) is 3.33. The molecule has 1 saturated heterocycles. The first-order chi connectivity index (χ1) is 11.8. The van der Waals surface area contributed by atoms with Crippen molar-refractivity contribution < 1.29 is 14.4 Å². The summed E-state index contributed by atoms with van der Waals surface area (Å²) in [7, 11) is 1.69. The number of quaternary nitrogens is 1. The van der Waals surface area contributed by atoms with Gasteiger partial charge in [-0.3, -0.25) is 4.79 Å². The number of benzene rings is 2. The van der Waals surface area contributed by atoms with Gasteiger partial charge < -0.3 is 9.64 Å². The normalized spacial score (nSPS) is 15.0. The van der Waals surface area contributed by atoms with E-state index in [-0.39, 0.29) is 5.78 Å². The number of methoxy groups -OCH3 is 1. The van der Waals surface area contributed by atoms with Crippen LogP contribution in [0.4, 0.5) is 0 Å². The maximum absolute atomic E-state index is 12.5. The Morgan fingerprint density at radius 1 is 1.12 bits per heavy atom. The first-order valence-corrected chi connectivity index (χ1v) is 8.54. The van der Waals surface area contributed by atoms with Crippen molar-refractivity contribution in [3.63, 3.8) is 0 Å². The molecule has 1 aliphatic heterocycles. The molecular weight excluding hydrogens is 298 g/mol. The SMILES string of the molecule is COc1ccc(C(=O)/C=C/c2ccccc2)cc1C[NH+]1CCCC1. The molecule has 2 aromatic carbocycles. The van der Waals surface area contributed by atoms with Gasteiger partial charge in [-0.25, -0.2) is 0 Å². The van der Waals surface area contributed by atoms with E-state index in [1.54, 1.807) is 18.1 Å². The minimum atomic E-state index is 0.0270. The van der Waals surface area contributed by atoms with Gasteiger partial charge in [0.25, 0.3) is 0 Å². The molecule has 0 radical (unpaired) electrons. The second-order valence-electron chi connectivity index (χ2n) is 6.27. The Balaban J connectivity index is 1.77. The first-order valence-electron chi connectivity index (χ1n) is 8.54. The Bertz CT molecular complexity index is 716. The van der Waals surface area contributed by atoms with Crippen molar-refractivity contribution >= 4 is 11.9 Å². The van der Waals surface area contributed by atoms with Gasteiger partial charge in [-0.15, -0.1) is 0 Å². The number of rotatable bonds is 6. The van der Waals surface area contributed by atoms with E-state index in [1.165, 1.54) is 25.9 Å². The van der Waals surface area contributed by atoms with E-state index in [0.717, 1.165) is 29.0 Å². The lowest BCUT2D eigenvalue weighted by atomic mass is 10.0. The van der Waals surface area contributed by atoms with E-state index >= 15 is 0 Å². The largest absolute Gasteiger partial charge is 0.496 e. The second kappa shape index (κ2) is 7.93. The van der Waals surface area contributed by atoms with Gasteiger partial charge >= 0.3 is 0 Å². The minimum absolute atomic E-state index is 0.0270. The molecule has 2 aromatic rings. The number of allylic oxidation sites excluding steroid dienone is 1. The maximum atomic E-state index is 12.5. The van der Waals surface area contributed by atoms with Crippen LogP contribution in [-0.2, 0) is 6.54 Å². The van der Waals surface area contributed by atoms with Crippen LogP contribution in [0.2, 0.25) is 0 Å². The summed E-state index contributed by atoms with van der Waals surface area (Å²) < 4.78 is 5.48. The molecule has 3 rings (SSSR count). The number of hydrogen-bond acceptors (Lipinski definition) is 2. The Kier molecular flexibility index (Phi) is 5.44. The van der Waals surface area contributed by atoms with Gasteiger partial charge in [-0.2, -0.15) is 0 Å². The Hall–Kier alpha value is -2.39. The fourth-order valence-corrected chi connectivity index (χ4v) is 3.22. The van der Waals surface area contributed by atoms with Gasteiger partial charge in [0.15, 0.2) is 5.78 Å². The lowest BCUT2D eigenvalue weighted by Gasteiger charge is -2.15. The minimum Gasteiger partial charge on any atom is -0.496 e. The summed E-state index contributed by atoms with van der Waals surface area (Å²) in [4.78, 5) is 14.0.